The molecule has 110 valence electrons. The molecule has 3 rings (SSSR count). The van der Waals surface area contributed by atoms with E-state index in [9.17, 15) is 0 Å². The summed E-state index contributed by atoms with van der Waals surface area (Å²) in [4.78, 5) is 9.13. The van der Waals surface area contributed by atoms with Gasteiger partial charge in [0.1, 0.15) is 12.4 Å². The van der Waals surface area contributed by atoms with Crippen LogP contribution in [0.4, 0.5) is 0 Å². The van der Waals surface area contributed by atoms with E-state index in [1.165, 1.54) is 6.21 Å². The van der Waals surface area contributed by atoms with Crippen molar-refractivity contribution in [1.82, 2.24) is 9.97 Å². The molecule has 0 unspecified atom stereocenters. The number of para-hydroxylation sites is 2. The minimum atomic E-state index is 0.358. The molecule has 5 nitrogen and oxygen atoms in total. The van der Waals surface area contributed by atoms with Crippen molar-refractivity contribution in [3.8, 4) is 5.75 Å². The number of benzene rings is 2. The summed E-state index contributed by atoms with van der Waals surface area (Å²) < 4.78 is 5.75. The molecule has 5 heteroatoms. The van der Waals surface area contributed by atoms with Crippen LogP contribution in [0.5, 0.6) is 5.75 Å². The van der Waals surface area contributed by atoms with E-state index < -0.39 is 0 Å². The van der Waals surface area contributed by atoms with E-state index in [1.807, 2.05) is 55.5 Å². The summed E-state index contributed by atoms with van der Waals surface area (Å²) in [7, 11) is 0. The normalized spacial score (nSPS) is 11.1. The molecule has 0 spiro atoms. The zero-order valence-corrected chi connectivity index (χ0v) is 12.1. The summed E-state index contributed by atoms with van der Waals surface area (Å²) in [6, 6.07) is 15.0. The lowest BCUT2D eigenvalue weighted by atomic mass is 10.2. The predicted molar refractivity (Wildman–Crippen MR) is 84.4 cm³/mol. The highest BCUT2D eigenvalue weighted by molar-refractivity contribution is 5.79. The molecule has 0 aliphatic rings. The van der Waals surface area contributed by atoms with Crippen LogP contribution in [0.3, 0.4) is 0 Å². The van der Waals surface area contributed by atoms with Crippen LogP contribution in [-0.2, 0) is 6.61 Å². The van der Waals surface area contributed by atoms with Crippen molar-refractivity contribution in [1.29, 1.82) is 0 Å². The van der Waals surface area contributed by atoms with Gasteiger partial charge in [-0.3, -0.25) is 0 Å². The first-order valence-electron chi connectivity index (χ1n) is 6.89. The first kappa shape index (κ1) is 14.0. The summed E-state index contributed by atoms with van der Waals surface area (Å²) in [6.45, 7) is 2.29. The lowest BCUT2D eigenvalue weighted by Gasteiger charge is -2.09. The van der Waals surface area contributed by atoms with E-state index in [2.05, 4.69) is 15.1 Å². The van der Waals surface area contributed by atoms with Gasteiger partial charge >= 0.3 is 0 Å². The summed E-state index contributed by atoms with van der Waals surface area (Å²) in [5.74, 6) is 0.726. The van der Waals surface area contributed by atoms with Crippen molar-refractivity contribution in [2.45, 2.75) is 13.5 Å². The number of fused-ring (bicyclic) bond motifs is 1. The molecule has 0 atom stereocenters. The van der Waals surface area contributed by atoms with Gasteiger partial charge in [0.25, 0.3) is 0 Å². The molecule has 1 aromatic heterocycles. The molecule has 2 aromatic carbocycles. The second-order valence-corrected chi connectivity index (χ2v) is 4.85. The lowest BCUT2D eigenvalue weighted by Crippen LogP contribution is -2.03. The highest BCUT2D eigenvalue weighted by Crippen LogP contribution is 2.16. The Kier molecular flexibility index (Phi) is 3.96. The van der Waals surface area contributed by atoms with Gasteiger partial charge in [-0.15, -0.1) is 0 Å². The van der Waals surface area contributed by atoms with Gasteiger partial charge in [0.05, 0.1) is 28.6 Å². The predicted octanol–water partition coefficient (Wildman–Crippen LogP) is 3.33. The Labute approximate surface area is 127 Å². The molecule has 0 saturated carbocycles. The monoisotopic (exact) mass is 293 g/mol. The maximum absolute atomic E-state index is 8.48. The van der Waals surface area contributed by atoms with Gasteiger partial charge in [0, 0.05) is 0 Å². The van der Waals surface area contributed by atoms with Crippen LogP contribution in [0.1, 0.15) is 17.0 Å². The number of hydrogen-bond acceptors (Lipinski definition) is 5. The quantitative estimate of drug-likeness (QED) is 0.455. The smallest absolute Gasteiger partial charge is 0.132 e. The summed E-state index contributed by atoms with van der Waals surface area (Å²) in [6.07, 6.45) is 1.36. The van der Waals surface area contributed by atoms with Crippen molar-refractivity contribution in [3.63, 3.8) is 0 Å². The first-order chi connectivity index (χ1) is 10.8. The molecule has 0 fully saturated rings. The van der Waals surface area contributed by atoms with Gasteiger partial charge in [-0.05, 0) is 48.9 Å². The minimum absolute atomic E-state index is 0.358. The highest BCUT2D eigenvalue weighted by Gasteiger charge is 2.06. The molecule has 1 heterocycles. The van der Waals surface area contributed by atoms with Crippen molar-refractivity contribution >= 4 is 17.2 Å². The fraction of sp³-hybridized carbons (Fsp3) is 0.118. The van der Waals surface area contributed by atoms with Crippen molar-refractivity contribution in [3.05, 3.63) is 65.5 Å². The maximum atomic E-state index is 8.48. The Morgan fingerprint density at radius 2 is 1.73 bits per heavy atom. The number of aromatic nitrogens is 2. The SMILES string of the molecule is Cc1nc2ccccc2nc1COc1ccc(/C=N\O)cc1. The number of oxime groups is 1. The van der Waals surface area contributed by atoms with Crippen molar-refractivity contribution < 1.29 is 9.94 Å². The Morgan fingerprint density at radius 3 is 2.41 bits per heavy atom. The molecule has 0 aliphatic heterocycles. The molecule has 0 bridgehead atoms. The van der Waals surface area contributed by atoms with Gasteiger partial charge in [-0.1, -0.05) is 17.3 Å². The van der Waals surface area contributed by atoms with E-state index in [0.717, 1.165) is 33.7 Å². The molecule has 0 radical (unpaired) electrons. The third kappa shape index (κ3) is 3.03. The van der Waals surface area contributed by atoms with E-state index in [4.69, 9.17) is 9.94 Å². The van der Waals surface area contributed by atoms with E-state index in [-0.39, 0.29) is 0 Å². The first-order valence-corrected chi connectivity index (χ1v) is 6.89. The fourth-order valence-electron chi connectivity index (χ4n) is 2.13. The van der Waals surface area contributed by atoms with E-state index >= 15 is 0 Å². The zero-order chi connectivity index (χ0) is 15.4. The Morgan fingerprint density at radius 1 is 1.05 bits per heavy atom. The van der Waals surface area contributed by atoms with E-state index in [0.29, 0.717) is 6.61 Å². The van der Waals surface area contributed by atoms with Crippen molar-refractivity contribution in [2.75, 3.05) is 0 Å². The number of rotatable bonds is 4. The Bertz CT molecular complexity index is 814. The van der Waals surface area contributed by atoms with Crippen LogP contribution in [0.15, 0.2) is 53.7 Å². The molecular formula is C17H15N3O2. The molecule has 0 aliphatic carbocycles. The van der Waals surface area contributed by atoms with Gasteiger partial charge in [-0.2, -0.15) is 0 Å². The second kappa shape index (κ2) is 6.22. The molecular weight excluding hydrogens is 278 g/mol. The minimum Gasteiger partial charge on any atom is -0.487 e. The van der Waals surface area contributed by atoms with Gasteiger partial charge < -0.3 is 9.94 Å². The van der Waals surface area contributed by atoms with Crippen LogP contribution in [-0.4, -0.2) is 21.4 Å². The Balaban J connectivity index is 1.77. The molecule has 0 saturated heterocycles. The Hall–Kier alpha value is -2.95. The zero-order valence-electron chi connectivity index (χ0n) is 12.1. The third-order valence-electron chi connectivity index (χ3n) is 3.31. The van der Waals surface area contributed by atoms with Crippen LogP contribution in [0.25, 0.3) is 11.0 Å². The molecule has 22 heavy (non-hydrogen) atoms. The van der Waals surface area contributed by atoms with Crippen molar-refractivity contribution in [2.24, 2.45) is 5.16 Å². The van der Waals surface area contributed by atoms with Crippen LogP contribution in [0, 0.1) is 6.92 Å². The summed E-state index contributed by atoms with van der Waals surface area (Å²) in [5.41, 5.74) is 4.23. The third-order valence-corrected chi connectivity index (χ3v) is 3.31. The largest absolute Gasteiger partial charge is 0.487 e. The maximum Gasteiger partial charge on any atom is 0.132 e. The standard InChI is InChI=1S/C17H15N3O2/c1-12-17(20-16-5-3-2-4-15(16)19-12)11-22-14-8-6-13(7-9-14)10-18-21/h2-10,21H,11H2,1H3/b18-10-. The fourth-order valence-corrected chi connectivity index (χ4v) is 2.13. The van der Waals surface area contributed by atoms with E-state index in [1.54, 1.807) is 0 Å². The van der Waals surface area contributed by atoms with Crippen LogP contribution in [0.2, 0.25) is 0 Å². The second-order valence-electron chi connectivity index (χ2n) is 4.85. The number of nitrogens with zero attached hydrogens (tertiary/aromatic N) is 3. The van der Waals surface area contributed by atoms with Crippen LogP contribution < -0.4 is 4.74 Å². The van der Waals surface area contributed by atoms with Gasteiger partial charge in [-0.25, -0.2) is 9.97 Å². The van der Waals surface area contributed by atoms with Gasteiger partial charge in [0.15, 0.2) is 0 Å². The number of ether oxygens (including phenoxy) is 1. The lowest BCUT2D eigenvalue weighted by molar-refractivity contribution is 0.300. The molecule has 0 amide bonds. The average Bonchev–Trinajstić information content (AvgIpc) is 2.54. The molecule has 3 aromatic rings. The highest BCUT2D eigenvalue weighted by atomic mass is 16.5. The number of hydrogen-bond donors (Lipinski definition) is 1. The number of aryl methyl sites for hydroxylation is 1. The molecule has 1 N–H and O–H groups in total. The topological polar surface area (TPSA) is 67.6 Å². The van der Waals surface area contributed by atoms with Crippen LogP contribution >= 0.6 is 0 Å². The summed E-state index contributed by atoms with van der Waals surface area (Å²) >= 11 is 0. The average molecular weight is 293 g/mol. The van der Waals surface area contributed by atoms with Gasteiger partial charge in [0.2, 0.25) is 0 Å². The summed E-state index contributed by atoms with van der Waals surface area (Å²) in [5, 5.41) is 11.5.